The summed E-state index contributed by atoms with van der Waals surface area (Å²) >= 11 is 3.45. The minimum Gasteiger partial charge on any atom is -0.370 e. The maximum Gasteiger partial charge on any atom is 0.255 e. The first-order chi connectivity index (χ1) is 11.1. The van der Waals surface area contributed by atoms with E-state index in [0.29, 0.717) is 19.7 Å². The molecule has 1 aromatic rings. The molecule has 1 atom stereocenters. The van der Waals surface area contributed by atoms with E-state index < -0.39 is 5.60 Å². The van der Waals surface area contributed by atoms with Gasteiger partial charge in [-0.15, -0.1) is 0 Å². The first kappa shape index (κ1) is 16.9. The summed E-state index contributed by atoms with van der Waals surface area (Å²) in [5, 5.41) is 3.29. The monoisotopic (exact) mass is 382 g/mol. The molecular formula is C17H23BrN2O3. The number of halogens is 1. The Morgan fingerprint density at radius 2 is 2.04 bits per heavy atom. The zero-order valence-corrected chi connectivity index (χ0v) is 15.0. The van der Waals surface area contributed by atoms with Gasteiger partial charge in [0.2, 0.25) is 0 Å². The molecule has 1 aromatic carbocycles. The standard InChI is InChI=1S/C17H23BrN2O3/c1-22-17(6-8-19-9-7-17)16(21)20-10-11-23-15(12-20)13-2-4-14(18)5-3-13/h2-5,15,19H,6-12H2,1H3. The van der Waals surface area contributed by atoms with Gasteiger partial charge in [0.05, 0.1) is 13.2 Å². The smallest absolute Gasteiger partial charge is 0.255 e. The van der Waals surface area contributed by atoms with Gasteiger partial charge in [-0.3, -0.25) is 4.79 Å². The molecule has 1 unspecified atom stereocenters. The van der Waals surface area contributed by atoms with Crippen molar-refractivity contribution in [2.75, 3.05) is 39.9 Å². The van der Waals surface area contributed by atoms with E-state index in [1.807, 2.05) is 29.2 Å². The number of benzene rings is 1. The number of nitrogens with zero attached hydrogens (tertiary/aromatic N) is 1. The molecule has 2 saturated heterocycles. The normalized spacial score (nSPS) is 24.4. The molecule has 2 aliphatic heterocycles. The highest BCUT2D eigenvalue weighted by atomic mass is 79.9. The number of morpholine rings is 1. The minimum atomic E-state index is -0.674. The third-order valence-corrected chi connectivity index (χ3v) is 5.32. The zero-order valence-electron chi connectivity index (χ0n) is 13.4. The van der Waals surface area contributed by atoms with Gasteiger partial charge in [0, 0.05) is 18.1 Å². The number of hydrogen-bond donors (Lipinski definition) is 1. The topological polar surface area (TPSA) is 50.8 Å². The van der Waals surface area contributed by atoms with Crippen LogP contribution in [0.3, 0.4) is 0 Å². The van der Waals surface area contributed by atoms with Crippen LogP contribution in [0.15, 0.2) is 28.7 Å². The van der Waals surface area contributed by atoms with Crippen LogP contribution in [0.4, 0.5) is 0 Å². The molecular weight excluding hydrogens is 360 g/mol. The van der Waals surface area contributed by atoms with Crippen LogP contribution in [0.1, 0.15) is 24.5 Å². The Labute approximate surface area is 145 Å². The Bertz CT molecular complexity index is 543. The fourth-order valence-electron chi connectivity index (χ4n) is 3.34. The molecule has 5 nitrogen and oxygen atoms in total. The summed E-state index contributed by atoms with van der Waals surface area (Å²) in [6.45, 7) is 3.41. The molecule has 0 spiro atoms. The van der Waals surface area contributed by atoms with Crippen molar-refractivity contribution in [2.45, 2.75) is 24.5 Å². The number of amides is 1. The number of rotatable bonds is 3. The van der Waals surface area contributed by atoms with Crippen molar-refractivity contribution in [3.05, 3.63) is 34.3 Å². The molecule has 0 saturated carbocycles. The van der Waals surface area contributed by atoms with Gasteiger partial charge in [-0.1, -0.05) is 28.1 Å². The van der Waals surface area contributed by atoms with Crippen LogP contribution in [-0.4, -0.2) is 56.3 Å². The van der Waals surface area contributed by atoms with Gasteiger partial charge in [0.15, 0.2) is 0 Å². The highest BCUT2D eigenvalue weighted by Gasteiger charge is 2.43. The lowest BCUT2D eigenvalue weighted by atomic mass is 9.90. The summed E-state index contributed by atoms with van der Waals surface area (Å²) in [7, 11) is 1.65. The molecule has 2 fully saturated rings. The van der Waals surface area contributed by atoms with E-state index >= 15 is 0 Å². The van der Waals surface area contributed by atoms with Gasteiger partial charge < -0.3 is 19.7 Å². The van der Waals surface area contributed by atoms with E-state index in [1.54, 1.807) is 7.11 Å². The third-order valence-electron chi connectivity index (χ3n) is 4.79. The van der Waals surface area contributed by atoms with Crippen molar-refractivity contribution in [3.8, 4) is 0 Å². The van der Waals surface area contributed by atoms with Crippen LogP contribution in [0, 0.1) is 0 Å². The fourth-order valence-corrected chi connectivity index (χ4v) is 3.60. The van der Waals surface area contributed by atoms with E-state index in [0.717, 1.165) is 36.0 Å². The Morgan fingerprint density at radius 3 is 2.70 bits per heavy atom. The van der Waals surface area contributed by atoms with E-state index in [9.17, 15) is 4.79 Å². The lowest BCUT2D eigenvalue weighted by Gasteiger charge is -2.41. The Kier molecular flexibility index (Phi) is 5.36. The summed E-state index contributed by atoms with van der Waals surface area (Å²) in [5.41, 5.74) is 0.426. The summed E-state index contributed by atoms with van der Waals surface area (Å²) in [6.07, 6.45) is 1.38. The summed E-state index contributed by atoms with van der Waals surface area (Å²) in [6, 6.07) is 8.09. The maximum absolute atomic E-state index is 13.0. The fraction of sp³-hybridized carbons (Fsp3) is 0.588. The highest BCUT2D eigenvalue weighted by Crippen LogP contribution is 2.29. The maximum atomic E-state index is 13.0. The van der Waals surface area contributed by atoms with Crippen LogP contribution >= 0.6 is 15.9 Å². The van der Waals surface area contributed by atoms with Crippen LogP contribution in [0.25, 0.3) is 0 Å². The van der Waals surface area contributed by atoms with E-state index in [4.69, 9.17) is 9.47 Å². The second-order valence-corrected chi connectivity index (χ2v) is 7.03. The second kappa shape index (κ2) is 7.30. The molecule has 2 heterocycles. The van der Waals surface area contributed by atoms with E-state index in [-0.39, 0.29) is 12.0 Å². The molecule has 0 aliphatic carbocycles. The minimum absolute atomic E-state index is 0.0728. The average molecular weight is 383 g/mol. The van der Waals surface area contributed by atoms with Crippen molar-refractivity contribution >= 4 is 21.8 Å². The van der Waals surface area contributed by atoms with Gasteiger partial charge in [0.1, 0.15) is 11.7 Å². The predicted octanol–water partition coefficient (Wildman–Crippen LogP) is 2.12. The molecule has 1 N–H and O–H groups in total. The van der Waals surface area contributed by atoms with Gasteiger partial charge in [0.25, 0.3) is 5.91 Å². The Morgan fingerprint density at radius 1 is 1.35 bits per heavy atom. The van der Waals surface area contributed by atoms with Crippen LogP contribution in [0.2, 0.25) is 0 Å². The number of piperidine rings is 1. The molecule has 23 heavy (non-hydrogen) atoms. The molecule has 1 amide bonds. The van der Waals surface area contributed by atoms with Crippen LogP contribution < -0.4 is 5.32 Å². The molecule has 3 rings (SSSR count). The number of carbonyl (C=O) groups is 1. The Balaban J connectivity index is 1.72. The van der Waals surface area contributed by atoms with E-state index in [1.165, 1.54) is 0 Å². The van der Waals surface area contributed by atoms with Crippen LogP contribution in [0.5, 0.6) is 0 Å². The van der Waals surface area contributed by atoms with Gasteiger partial charge in [-0.05, 0) is 43.6 Å². The Hall–Kier alpha value is -0.950. The lowest BCUT2D eigenvalue weighted by molar-refractivity contribution is -0.165. The van der Waals surface area contributed by atoms with Gasteiger partial charge in [-0.25, -0.2) is 0 Å². The predicted molar refractivity (Wildman–Crippen MR) is 91.3 cm³/mol. The summed E-state index contributed by atoms with van der Waals surface area (Å²) < 4.78 is 12.6. The number of carbonyl (C=O) groups excluding carboxylic acids is 1. The largest absolute Gasteiger partial charge is 0.370 e. The molecule has 126 valence electrons. The first-order valence-corrected chi connectivity index (χ1v) is 8.86. The van der Waals surface area contributed by atoms with Crippen molar-refractivity contribution in [2.24, 2.45) is 0 Å². The molecule has 2 aliphatic rings. The average Bonchev–Trinajstić information content (AvgIpc) is 2.62. The number of methoxy groups -OCH3 is 1. The third kappa shape index (κ3) is 3.60. The summed E-state index contributed by atoms with van der Waals surface area (Å²) in [4.78, 5) is 15.0. The second-order valence-electron chi connectivity index (χ2n) is 6.11. The van der Waals surface area contributed by atoms with Gasteiger partial charge in [-0.2, -0.15) is 0 Å². The number of ether oxygens (including phenoxy) is 2. The molecule has 6 heteroatoms. The van der Waals surface area contributed by atoms with Crippen molar-refractivity contribution in [3.63, 3.8) is 0 Å². The first-order valence-electron chi connectivity index (χ1n) is 8.07. The summed E-state index contributed by atoms with van der Waals surface area (Å²) in [5.74, 6) is 0.104. The van der Waals surface area contributed by atoms with Crippen LogP contribution in [-0.2, 0) is 14.3 Å². The van der Waals surface area contributed by atoms with Crippen molar-refractivity contribution in [1.29, 1.82) is 0 Å². The van der Waals surface area contributed by atoms with Gasteiger partial charge >= 0.3 is 0 Å². The molecule has 0 aromatic heterocycles. The number of nitrogens with one attached hydrogen (secondary N) is 1. The van der Waals surface area contributed by atoms with Crippen molar-refractivity contribution < 1.29 is 14.3 Å². The van der Waals surface area contributed by atoms with Crippen molar-refractivity contribution in [1.82, 2.24) is 10.2 Å². The SMILES string of the molecule is COC1(C(=O)N2CCOC(c3ccc(Br)cc3)C2)CCNCC1. The lowest BCUT2D eigenvalue weighted by Crippen LogP contribution is -2.57. The molecule has 0 bridgehead atoms. The zero-order chi connectivity index (χ0) is 16.3. The quantitative estimate of drug-likeness (QED) is 0.869. The molecule has 0 radical (unpaired) electrons. The highest BCUT2D eigenvalue weighted by molar-refractivity contribution is 9.10. The number of hydrogen-bond acceptors (Lipinski definition) is 4. The van der Waals surface area contributed by atoms with E-state index in [2.05, 4.69) is 21.2 Å².